The quantitative estimate of drug-likeness (QED) is 0.176. The summed E-state index contributed by atoms with van der Waals surface area (Å²) >= 11 is 0. The van der Waals surface area contributed by atoms with Crippen molar-refractivity contribution in [3.05, 3.63) is 115 Å². The molecule has 2 nitrogen and oxygen atoms in total. The van der Waals surface area contributed by atoms with Crippen molar-refractivity contribution in [1.29, 1.82) is 0 Å². The number of fused-ring (bicyclic) bond motifs is 5. The third kappa shape index (κ3) is 3.88. The van der Waals surface area contributed by atoms with Crippen LogP contribution in [0.15, 0.2) is 115 Å². The van der Waals surface area contributed by atoms with Crippen LogP contribution in [0.2, 0.25) is 0 Å². The summed E-state index contributed by atoms with van der Waals surface area (Å²) in [6.45, 7) is 8.42. The van der Waals surface area contributed by atoms with Crippen LogP contribution in [0.1, 0.15) is 27.7 Å². The van der Waals surface area contributed by atoms with Crippen molar-refractivity contribution in [2.24, 2.45) is 0 Å². The first-order valence-corrected chi connectivity index (χ1v) is 13.7. The highest BCUT2D eigenvalue weighted by molar-refractivity contribution is 6.62. The molecular weight excluding hydrogens is 475 g/mol. The first-order chi connectivity index (χ1) is 18.8. The van der Waals surface area contributed by atoms with Crippen molar-refractivity contribution in [1.82, 2.24) is 0 Å². The SMILES string of the molecule is CC1(C)OB(c2ccc3c(c2)c(-c2ccccc2)cc2c4ccccc4c(-c4ccccc4)cc32)OC1(C)C. The Morgan fingerprint density at radius 1 is 0.436 bits per heavy atom. The molecule has 7 rings (SSSR count). The monoisotopic (exact) mass is 506 g/mol. The smallest absolute Gasteiger partial charge is 0.399 e. The second-order valence-corrected chi connectivity index (χ2v) is 11.6. The van der Waals surface area contributed by atoms with Crippen LogP contribution < -0.4 is 5.46 Å². The summed E-state index contributed by atoms with van der Waals surface area (Å²) in [7, 11) is -0.407. The summed E-state index contributed by atoms with van der Waals surface area (Å²) in [5.74, 6) is 0. The van der Waals surface area contributed by atoms with Gasteiger partial charge < -0.3 is 9.31 Å². The lowest BCUT2D eigenvalue weighted by atomic mass is 9.77. The molecule has 6 aromatic carbocycles. The average molecular weight is 506 g/mol. The van der Waals surface area contributed by atoms with Crippen molar-refractivity contribution in [3.63, 3.8) is 0 Å². The molecule has 0 aliphatic carbocycles. The normalized spacial score (nSPS) is 16.4. The van der Waals surface area contributed by atoms with Gasteiger partial charge in [0.05, 0.1) is 11.2 Å². The first-order valence-electron chi connectivity index (χ1n) is 13.7. The van der Waals surface area contributed by atoms with E-state index in [4.69, 9.17) is 9.31 Å². The van der Waals surface area contributed by atoms with Gasteiger partial charge in [-0.1, -0.05) is 103 Å². The van der Waals surface area contributed by atoms with E-state index in [9.17, 15) is 0 Å². The Hall–Kier alpha value is -3.92. The minimum absolute atomic E-state index is 0.387. The van der Waals surface area contributed by atoms with E-state index in [2.05, 4.69) is 143 Å². The third-order valence-corrected chi connectivity index (χ3v) is 8.69. The zero-order chi connectivity index (χ0) is 26.8. The van der Waals surface area contributed by atoms with Crippen LogP contribution in [0.5, 0.6) is 0 Å². The second-order valence-electron chi connectivity index (χ2n) is 11.6. The number of benzene rings is 6. The molecule has 0 atom stereocenters. The molecule has 1 saturated heterocycles. The molecule has 1 fully saturated rings. The van der Waals surface area contributed by atoms with E-state index < -0.39 is 7.12 Å². The van der Waals surface area contributed by atoms with Gasteiger partial charge in [0.25, 0.3) is 0 Å². The van der Waals surface area contributed by atoms with E-state index >= 15 is 0 Å². The third-order valence-electron chi connectivity index (χ3n) is 8.69. The molecule has 0 radical (unpaired) electrons. The molecule has 39 heavy (non-hydrogen) atoms. The Kier molecular flexibility index (Phi) is 5.45. The van der Waals surface area contributed by atoms with Gasteiger partial charge in [0.2, 0.25) is 0 Å². The number of hydrogen-bond donors (Lipinski definition) is 0. The lowest BCUT2D eigenvalue weighted by Crippen LogP contribution is -2.41. The zero-order valence-electron chi connectivity index (χ0n) is 22.9. The first kappa shape index (κ1) is 24.1. The highest BCUT2D eigenvalue weighted by Gasteiger charge is 2.51. The largest absolute Gasteiger partial charge is 0.494 e. The Morgan fingerprint density at radius 3 is 1.46 bits per heavy atom. The van der Waals surface area contributed by atoms with Crippen molar-refractivity contribution in [2.45, 2.75) is 38.9 Å². The fourth-order valence-corrected chi connectivity index (χ4v) is 5.86. The van der Waals surface area contributed by atoms with Crippen LogP contribution in [0.3, 0.4) is 0 Å². The van der Waals surface area contributed by atoms with Gasteiger partial charge >= 0.3 is 7.12 Å². The zero-order valence-corrected chi connectivity index (χ0v) is 22.9. The Bertz CT molecular complexity index is 1840. The van der Waals surface area contributed by atoms with Crippen LogP contribution in [-0.2, 0) is 9.31 Å². The Morgan fingerprint density at radius 2 is 0.897 bits per heavy atom. The lowest BCUT2D eigenvalue weighted by Gasteiger charge is -2.32. The fourth-order valence-electron chi connectivity index (χ4n) is 5.86. The summed E-state index contributed by atoms with van der Waals surface area (Å²) in [6.07, 6.45) is 0. The molecule has 0 unspecified atom stereocenters. The predicted octanol–water partition coefficient (Wildman–Crippen LogP) is 8.78. The standard InChI is InChI=1S/C36H31BO2/c1-35(2)36(3,4)39-37(38-35)26-19-20-29-32(21-26)31(25-15-9-6-10-16-25)23-33-28-18-12-11-17-27(28)30(22-34(29)33)24-13-7-5-8-14-24/h5-23H,1-4H3. The van der Waals surface area contributed by atoms with Crippen molar-refractivity contribution < 1.29 is 9.31 Å². The summed E-state index contributed by atoms with van der Waals surface area (Å²) in [4.78, 5) is 0. The van der Waals surface area contributed by atoms with Gasteiger partial charge in [-0.2, -0.15) is 0 Å². The van der Waals surface area contributed by atoms with Crippen LogP contribution in [0, 0.1) is 0 Å². The molecule has 1 heterocycles. The van der Waals surface area contributed by atoms with Crippen molar-refractivity contribution >= 4 is 44.9 Å². The molecule has 190 valence electrons. The average Bonchev–Trinajstić information content (AvgIpc) is 3.19. The van der Waals surface area contributed by atoms with E-state index in [1.54, 1.807) is 0 Å². The minimum atomic E-state index is -0.407. The summed E-state index contributed by atoms with van der Waals surface area (Å²) in [5, 5.41) is 7.49. The van der Waals surface area contributed by atoms with Gasteiger partial charge in [0.15, 0.2) is 0 Å². The fraction of sp³-hybridized carbons (Fsp3) is 0.167. The van der Waals surface area contributed by atoms with Crippen LogP contribution >= 0.6 is 0 Å². The molecule has 0 spiro atoms. The highest BCUT2D eigenvalue weighted by atomic mass is 16.7. The van der Waals surface area contributed by atoms with E-state index in [-0.39, 0.29) is 11.2 Å². The van der Waals surface area contributed by atoms with Gasteiger partial charge in [-0.15, -0.1) is 0 Å². The number of rotatable bonds is 3. The predicted molar refractivity (Wildman–Crippen MR) is 166 cm³/mol. The second kappa shape index (κ2) is 8.81. The van der Waals surface area contributed by atoms with Gasteiger partial charge in [-0.3, -0.25) is 0 Å². The van der Waals surface area contributed by atoms with Crippen LogP contribution in [0.25, 0.3) is 54.6 Å². The maximum absolute atomic E-state index is 6.44. The van der Waals surface area contributed by atoms with E-state index in [0.29, 0.717) is 0 Å². The van der Waals surface area contributed by atoms with E-state index in [1.165, 1.54) is 54.6 Å². The topological polar surface area (TPSA) is 18.5 Å². The molecule has 1 aliphatic rings. The maximum Gasteiger partial charge on any atom is 0.494 e. The number of hydrogen-bond acceptors (Lipinski definition) is 2. The van der Waals surface area contributed by atoms with Gasteiger partial charge in [-0.05, 0) is 99.9 Å². The van der Waals surface area contributed by atoms with E-state index in [1.807, 2.05) is 0 Å². The van der Waals surface area contributed by atoms with Gasteiger partial charge in [0, 0.05) is 0 Å². The molecule has 0 saturated carbocycles. The van der Waals surface area contributed by atoms with Gasteiger partial charge in [-0.25, -0.2) is 0 Å². The molecule has 0 bridgehead atoms. The summed E-state index contributed by atoms with van der Waals surface area (Å²) < 4.78 is 12.9. The molecule has 3 heteroatoms. The molecule has 0 amide bonds. The lowest BCUT2D eigenvalue weighted by molar-refractivity contribution is 0.00578. The minimum Gasteiger partial charge on any atom is -0.399 e. The van der Waals surface area contributed by atoms with Crippen molar-refractivity contribution in [3.8, 4) is 22.3 Å². The Balaban J connectivity index is 1.55. The van der Waals surface area contributed by atoms with Gasteiger partial charge in [0.1, 0.15) is 0 Å². The van der Waals surface area contributed by atoms with Crippen molar-refractivity contribution in [2.75, 3.05) is 0 Å². The molecular formula is C36H31BO2. The van der Waals surface area contributed by atoms with E-state index in [0.717, 1.165) is 5.46 Å². The Labute approximate surface area is 230 Å². The maximum atomic E-state index is 6.44. The molecule has 6 aromatic rings. The highest BCUT2D eigenvalue weighted by Crippen LogP contribution is 2.42. The summed E-state index contributed by atoms with van der Waals surface area (Å²) in [6, 6.07) is 41.6. The van der Waals surface area contributed by atoms with Crippen LogP contribution in [0.4, 0.5) is 0 Å². The molecule has 0 aromatic heterocycles. The molecule has 1 aliphatic heterocycles. The molecule has 0 N–H and O–H groups in total. The van der Waals surface area contributed by atoms with Crippen LogP contribution in [-0.4, -0.2) is 18.3 Å². The summed E-state index contributed by atoms with van der Waals surface area (Å²) in [5.41, 5.74) is 5.17.